The van der Waals surface area contributed by atoms with Gasteiger partial charge in [-0.15, -0.1) is 0 Å². The average molecular weight is 277 g/mol. The maximum absolute atomic E-state index is 10.4. The van der Waals surface area contributed by atoms with E-state index in [1.807, 2.05) is 6.07 Å². The van der Waals surface area contributed by atoms with Gasteiger partial charge in [-0.05, 0) is 49.9 Å². The highest BCUT2D eigenvalue weighted by atomic mass is 16.5. The molecule has 0 spiro atoms. The second-order valence-electron chi connectivity index (χ2n) is 5.85. The first-order valence-electron chi connectivity index (χ1n) is 7.69. The van der Waals surface area contributed by atoms with Gasteiger partial charge in [0.15, 0.2) is 0 Å². The third kappa shape index (κ3) is 4.05. The number of aliphatic hydroxyl groups is 1. The van der Waals surface area contributed by atoms with Crippen LogP contribution >= 0.6 is 0 Å². The predicted octanol–water partition coefficient (Wildman–Crippen LogP) is 2.84. The van der Waals surface area contributed by atoms with Crippen molar-refractivity contribution in [3.05, 3.63) is 34.9 Å². The van der Waals surface area contributed by atoms with Crippen molar-refractivity contribution in [3.8, 4) is 0 Å². The summed E-state index contributed by atoms with van der Waals surface area (Å²) >= 11 is 0. The minimum absolute atomic E-state index is 0.349. The van der Waals surface area contributed by atoms with Crippen molar-refractivity contribution in [2.45, 2.75) is 45.8 Å². The van der Waals surface area contributed by atoms with E-state index in [1.54, 1.807) is 0 Å². The van der Waals surface area contributed by atoms with Crippen LogP contribution in [0.15, 0.2) is 18.2 Å². The fraction of sp³-hybridized carbons (Fsp3) is 0.647. The van der Waals surface area contributed by atoms with E-state index in [4.69, 9.17) is 4.74 Å². The number of hydrogen-bond donors (Lipinski definition) is 1. The third-order valence-electron chi connectivity index (χ3n) is 4.28. The summed E-state index contributed by atoms with van der Waals surface area (Å²) in [5, 5.41) is 10.4. The molecule has 0 amide bonds. The van der Waals surface area contributed by atoms with E-state index in [0.717, 1.165) is 31.7 Å². The first-order valence-corrected chi connectivity index (χ1v) is 7.69. The van der Waals surface area contributed by atoms with Crippen molar-refractivity contribution in [2.24, 2.45) is 0 Å². The molecule has 2 atom stereocenters. The average Bonchev–Trinajstić information content (AvgIpc) is 2.93. The summed E-state index contributed by atoms with van der Waals surface area (Å²) in [6.07, 6.45) is 2.25. The molecule has 0 bridgehead atoms. The molecule has 0 aliphatic carbocycles. The van der Waals surface area contributed by atoms with Gasteiger partial charge in [-0.1, -0.05) is 25.1 Å². The lowest BCUT2D eigenvalue weighted by molar-refractivity contribution is 0.0516. The molecular weight excluding hydrogens is 250 g/mol. The zero-order valence-electron chi connectivity index (χ0n) is 12.9. The summed E-state index contributed by atoms with van der Waals surface area (Å²) < 4.78 is 5.68. The van der Waals surface area contributed by atoms with Crippen LogP contribution in [0.25, 0.3) is 0 Å². The van der Waals surface area contributed by atoms with Crippen molar-refractivity contribution in [3.63, 3.8) is 0 Å². The number of benzene rings is 1. The molecule has 0 aromatic heterocycles. The van der Waals surface area contributed by atoms with E-state index in [0.29, 0.717) is 12.6 Å². The zero-order chi connectivity index (χ0) is 14.5. The highest BCUT2D eigenvalue weighted by Crippen LogP contribution is 2.19. The molecule has 1 heterocycles. The SMILES string of the molecule is CCN(CC1CCCO1)CC(O)c1ccc(C)c(C)c1. The van der Waals surface area contributed by atoms with Crippen molar-refractivity contribution in [2.75, 3.05) is 26.2 Å². The Morgan fingerprint density at radius 2 is 2.15 bits per heavy atom. The Balaban J connectivity index is 1.93. The summed E-state index contributed by atoms with van der Waals surface area (Å²) in [6, 6.07) is 6.22. The first-order chi connectivity index (χ1) is 9.60. The number of rotatable bonds is 6. The van der Waals surface area contributed by atoms with E-state index < -0.39 is 6.10 Å². The summed E-state index contributed by atoms with van der Waals surface area (Å²) in [4.78, 5) is 2.29. The van der Waals surface area contributed by atoms with Gasteiger partial charge in [0, 0.05) is 19.7 Å². The lowest BCUT2D eigenvalue weighted by Gasteiger charge is -2.26. The smallest absolute Gasteiger partial charge is 0.0917 e. The monoisotopic (exact) mass is 277 g/mol. The van der Waals surface area contributed by atoms with Crippen molar-refractivity contribution < 1.29 is 9.84 Å². The van der Waals surface area contributed by atoms with Crippen LogP contribution in [0.3, 0.4) is 0 Å². The van der Waals surface area contributed by atoms with Gasteiger partial charge in [0.2, 0.25) is 0 Å². The minimum Gasteiger partial charge on any atom is -0.387 e. The summed E-state index contributed by atoms with van der Waals surface area (Å²) in [5.74, 6) is 0. The molecule has 2 unspecified atom stereocenters. The topological polar surface area (TPSA) is 32.7 Å². The molecule has 0 radical (unpaired) electrons. The highest BCUT2D eigenvalue weighted by Gasteiger charge is 2.20. The van der Waals surface area contributed by atoms with Crippen LogP contribution in [-0.2, 0) is 4.74 Å². The number of ether oxygens (including phenoxy) is 1. The summed E-state index contributed by atoms with van der Waals surface area (Å²) in [7, 11) is 0. The van der Waals surface area contributed by atoms with E-state index in [-0.39, 0.29) is 0 Å². The Morgan fingerprint density at radius 1 is 1.35 bits per heavy atom. The maximum atomic E-state index is 10.4. The molecule has 1 aliphatic rings. The van der Waals surface area contributed by atoms with Crippen LogP contribution in [0.2, 0.25) is 0 Å². The van der Waals surface area contributed by atoms with Crippen molar-refractivity contribution in [1.29, 1.82) is 0 Å². The van der Waals surface area contributed by atoms with Crippen LogP contribution in [0.5, 0.6) is 0 Å². The lowest BCUT2D eigenvalue weighted by Crippen LogP contribution is -2.35. The summed E-state index contributed by atoms with van der Waals surface area (Å²) in [6.45, 7) is 9.78. The number of aliphatic hydroxyl groups excluding tert-OH is 1. The Kier molecular flexibility index (Phi) is 5.58. The quantitative estimate of drug-likeness (QED) is 0.868. The van der Waals surface area contributed by atoms with Gasteiger partial charge in [0.25, 0.3) is 0 Å². The fourth-order valence-electron chi connectivity index (χ4n) is 2.73. The largest absolute Gasteiger partial charge is 0.387 e. The van der Waals surface area contributed by atoms with Crippen molar-refractivity contribution in [1.82, 2.24) is 4.90 Å². The Hall–Kier alpha value is -0.900. The van der Waals surface area contributed by atoms with Crippen molar-refractivity contribution >= 4 is 0 Å². The van der Waals surface area contributed by atoms with Crippen LogP contribution in [0.1, 0.15) is 42.6 Å². The Labute approximate surface area is 122 Å². The number of nitrogens with zero attached hydrogens (tertiary/aromatic N) is 1. The standard InChI is InChI=1S/C17H27NO2/c1-4-18(11-16-6-5-9-20-16)12-17(19)15-8-7-13(2)14(3)10-15/h7-8,10,16-17,19H,4-6,9,11-12H2,1-3H3. The van der Waals surface area contributed by atoms with E-state index in [1.165, 1.54) is 17.5 Å². The molecule has 1 N–H and O–H groups in total. The Bertz CT molecular complexity index is 427. The van der Waals surface area contributed by atoms with Crippen LogP contribution in [0, 0.1) is 13.8 Å². The van der Waals surface area contributed by atoms with Gasteiger partial charge in [0.05, 0.1) is 12.2 Å². The van der Waals surface area contributed by atoms with E-state index >= 15 is 0 Å². The van der Waals surface area contributed by atoms with Gasteiger partial charge in [-0.3, -0.25) is 4.90 Å². The van der Waals surface area contributed by atoms with Gasteiger partial charge in [0.1, 0.15) is 0 Å². The van der Waals surface area contributed by atoms with Gasteiger partial charge in [-0.2, -0.15) is 0 Å². The molecule has 1 fully saturated rings. The second kappa shape index (κ2) is 7.21. The molecule has 1 aromatic carbocycles. The van der Waals surface area contributed by atoms with Crippen LogP contribution in [0.4, 0.5) is 0 Å². The molecule has 112 valence electrons. The van der Waals surface area contributed by atoms with E-state index in [9.17, 15) is 5.11 Å². The minimum atomic E-state index is -0.421. The first kappa shape index (κ1) is 15.5. The molecule has 2 rings (SSSR count). The lowest BCUT2D eigenvalue weighted by atomic mass is 10.0. The highest BCUT2D eigenvalue weighted by molar-refractivity contribution is 5.31. The third-order valence-corrected chi connectivity index (χ3v) is 4.28. The second-order valence-corrected chi connectivity index (χ2v) is 5.85. The number of hydrogen-bond acceptors (Lipinski definition) is 3. The zero-order valence-corrected chi connectivity index (χ0v) is 12.9. The normalized spacial score (nSPS) is 20.6. The molecule has 0 saturated carbocycles. The molecule has 1 aromatic rings. The van der Waals surface area contributed by atoms with Crippen LogP contribution < -0.4 is 0 Å². The number of likely N-dealkylation sites (N-methyl/N-ethyl adjacent to an activating group) is 1. The van der Waals surface area contributed by atoms with E-state index in [2.05, 4.69) is 37.8 Å². The Morgan fingerprint density at radius 3 is 2.75 bits per heavy atom. The summed E-state index contributed by atoms with van der Waals surface area (Å²) in [5.41, 5.74) is 3.52. The van der Waals surface area contributed by atoms with Gasteiger partial charge < -0.3 is 9.84 Å². The molecule has 3 heteroatoms. The molecular formula is C17H27NO2. The molecule has 3 nitrogen and oxygen atoms in total. The molecule has 20 heavy (non-hydrogen) atoms. The maximum Gasteiger partial charge on any atom is 0.0917 e. The fourth-order valence-corrected chi connectivity index (χ4v) is 2.73. The van der Waals surface area contributed by atoms with Gasteiger partial charge >= 0.3 is 0 Å². The number of aryl methyl sites for hydroxylation is 2. The van der Waals surface area contributed by atoms with Gasteiger partial charge in [-0.25, -0.2) is 0 Å². The predicted molar refractivity (Wildman–Crippen MR) is 82.0 cm³/mol. The molecule has 1 saturated heterocycles. The molecule has 1 aliphatic heterocycles. The van der Waals surface area contributed by atoms with Crippen LogP contribution in [-0.4, -0.2) is 42.4 Å².